The molecule has 5 rings (SSSR count). The first kappa shape index (κ1) is 106. The molecular weight excluding hydrogens is 1540 g/mol. The zero-order valence-electron chi connectivity index (χ0n) is 66.4. The second-order valence-electron chi connectivity index (χ2n) is 29.7. The van der Waals surface area contributed by atoms with E-state index in [4.69, 9.17) is 51.6 Å². The fraction of sp³-hybridized carbons (Fsp3) is 0.918. The van der Waals surface area contributed by atoms with Crippen molar-refractivity contribution in [2.24, 2.45) is 0 Å². The first-order chi connectivity index (χ1) is 52.9. The number of nitrogens with one attached hydrogen (secondary N) is 3. The third kappa shape index (κ3) is 34.0. The van der Waals surface area contributed by atoms with E-state index in [1.54, 1.807) is 6.08 Å². The van der Waals surface area contributed by atoms with Crippen LogP contribution in [-0.4, -0.2) is 324 Å². The molecule has 0 spiro atoms. The van der Waals surface area contributed by atoms with Crippen LogP contribution in [0.25, 0.3) is 0 Å². The molecule has 113 heavy (non-hydrogen) atoms. The van der Waals surface area contributed by atoms with Crippen LogP contribution in [0, 0.1) is 0 Å². The molecule has 28 atom stereocenters. The Balaban J connectivity index is 0.0000165. The molecule has 0 saturated carbocycles. The Bertz CT molecular complexity index is 2790. The molecule has 0 aromatic rings. The van der Waals surface area contributed by atoms with Gasteiger partial charge in [0.25, 0.3) is 0 Å². The Morgan fingerprint density at radius 2 is 0.947 bits per heavy atom. The molecule has 0 bridgehead atoms. The Morgan fingerprint density at radius 3 is 1.42 bits per heavy atom. The summed E-state index contributed by atoms with van der Waals surface area (Å²) in [5.74, 6) is -8.03. The number of carboxylic acid groups (broad SMARTS) is 1. The average molecular weight is 1670 g/mol. The van der Waals surface area contributed by atoms with Crippen molar-refractivity contribution in [3.63, 3.8) is 0 Å². The minimum absolute atomic E-state index is 0. The molecule has 0 radical (unpaired) electrons. The van der Waals surface area contributed by atoms with E-state index in [0.717, 1.165) is 71.6 Å². The normalized spacial score (nSPS) is 33.3. The molecule has 5 saturated heterocycles. The maximum absolute atomic E-state index is 13.5. The first-order valence-corrected chi connectivity index (χ1v) is 41.0. The second kappa shape index (κ2) is 55.5. The smallest absolute Gasteiger partial charge is 0.726 e. The molecule has 5 fully saturated rings. The van der Waals surface area contributed by atoms with Crippen molar-refractivity contribution < 1.29 is 225 Å². The summed E-state index contributed by atoms with van der Waals surface area (Å²) in [5.41, 5.74) is 0. The van der Waals surface area contributed by atoms with Crippen LogP contribution in [0.4, 0.5) is 0 Å². The SMILES string of the molecule is CCCCCCCCCCCCC/C=C/[C@@H](O)[C@H](CO[C@@H]1O[C@H](CO)[C@@H](O[C@@H]2O[C@H](CO)[C@H](O[C@@H]3O[C@H](CO)[C@H](O)[C@H](O[C@@H]4O[C@H](CO)[C@H](O)[C@H](O[C@]5(C(=O)[O-])C[C@H](O)[C@@H](NC(C)=O)[C@H]([C@H](O)[C@H](O)CO)O5)[C@H]4O)[C@H]3NC(C)=O)[C@H](OS(=O)(=O)[O-])[C@H]2O)[C@H](O)[C@H]1O)NC(=O)CCCCCCCCCCCCCCCCC.[Na+].[Na+]. The van der Waals surface area contributed by atoms with Crippen LogP contribution in [0.2, 0.25) is 0 Å². The van der Waals surface area contributed by atoms with E-state index in [2.05, 4.69) is 29.8 Å². The number of rotatable bonds is 54. The molecule has 37 nitrogen and oxygen atoms in total. The Kier molecular flexibility index (Phi) is 51.9. The summed E-state index contributed by atoms with van der Waals surface area (Å²) in [6.45, 7) is -0.182. The quantitative estimate of drug-likeness (QED) is 0.00884. The number of unbranched alkanes of at least 4 members (excludes halogenated alkanes) is 25. The van der Waals surface area contributed by atoms with Crippen LogP contribution in [0.15, 0.2) is 12.2 Å². The van der Waals surface area contributed by atoms with Crippen LogP contribution in [0.1, 0.15) is 214 Å². The maximum Gasteiger partial charge on any atom is 1.00 e. The second-order valence-corrected chi connectivity index (χ2v) is 30.7. The van der Waals surface area contributed by atoms with E-state index < -0.39 is 245 Å². The van der Waals surface area contributed by atoms with Gasteiger partial charge in [0.1, 0.15) is 122 Å². The van der Waals surface area contributed by atoms with Gasteiger partial charge in [-0.05, 0) is 19.3 Å². The van der Waals surface area contributed by atoms with Gasteiger partial charge in [0.15, 0.2) is 25.2 Å². The van der Waals surface area contributed by atoms with E-state index in [-0.39, 0.29) is 71.4 Å². The van der Waals surface area contributed by atoms with Crippen LogP contribution < -0.4 is 80.2 Å². The number of hydrogen-bond donors (Lipinski definition) is 18. The molecule has 648 valence electrons. The Morgan fingerprint density at radius 1 is 0.522 bits per heavy atom. The van der Waals surface area contributed by atoms with E-state index >= 15 is 0 Å². The standard InChI is InChI=1S/C73H131N3O34S.2Na/c1-5-7-9-11-13-15-17-19-20-22-24-26-28-30-32-34-52(87)76-44(45(84)33-31-29-27-25-23-21-18-16-14-12-10-8-6-2)41-100-69-59(92)58(91)62(50(39-80)103-69)105-71-61(94)67(110-111(97,98)99)63(51(40-81)104-71)106-68-54(75-43(4)83)64(56(89)48(37-78)101-68)107-70-60(93)66(57(90)49(38-79)102-70)109-73(72(95)96)35-46(85)53(74-42(3)82)65(108-73)55(88)47(86)36-77;;/h31,33,44-51,53-71,77-81,84-86,88-94H,5-30,32,34-41H2,1-4H3,(H,74,82)(H,75,83)(H,76,87)(H,95,96)(H,97,98,99);;/q;2*+1/p-2/b33-31+;;/t44-,45+,46-,47+,48+,49+,50+,51+,53+,54+,55+,56-,57-,58+,59+,60+,61+,62+,63-,64+,65+,66-,67+,68-,69+,70-,71-,73-;;/m0../s1. The summed E-state index contributed by atoms with van der Waals surface area (Å²) >= 11 is 0. The maximum atomic E-state index is 13.5. The molecule has 3 amide bonds. The minimum Gasteiger partial charge on any atom is -0.726 e. The topological polar surface area (TPSA) is 590 Å². The zero-order valence-corrected chi connectivity index (χ0v) is 71.2. The molecule has 0 aliphatic carbocycles. The van der Waals surface area contributed by atoms with Gasteiger partial charge in [-0.2, -0.15) is 0 Å². The van der Waals surface area contributed by atoms with Crippen molar-refractivity contribution in [1.29, 1.82) is 0 Å². The van der Waals surface area contributed by atoms with Crippen LogP contribution in [0.3, 0.4) is 0 Å². The molecule has 40 heteroatoms. The third-order valence-corrected chi connectivity index (χ3v) is 21.2. The number of carboxylic acids is 1. The van der Waals surface area contributed by atoms with Crippen molar-refractivity contribution in [3.8, 4) is 0 Å². The Hall–Kier alpha value is -1.51. The fourth-order valence-electron chi connectivity index (χ4n) is 14.5. The van der Waals surface area contributed by atoms with E-state index in [1.165, 1.54) is 109 Å². The molecule has 0 unspecified atom stereocenters. The Labute approximate surface area is 706 Å². The van der Waals surface area contributed by atoms with Gasteiger partial charge in [-0.1, -0.05) is 180 Å². The molecule has 0 aromatic heterocycles. The number of aliphatic carboxylic acids is 1. The summed E-state index contributed by atoms with van der Waals surface area (Å²) in [5, 5.41) is 187. The van der Waals surface area contributed by atoms with Crippen LogP contribution >= 0.6 is 0 Å². The van der Waals surface area contributed by atoms with E-state index in [9.17, 15) is 114 Å². The number of hydrogen-bond acceptors (Lipinski definition) is 34. The summed E-state index contributed by atoms with van der Waals surface area (Å²) in [7, 11) is -6.00. The summed E-state index contributed by atoms with van der Waals surface area (Å²) in [6.07, 6.45) is -19.6. The molecule has 0 aromatic carbocycles. The number of ether oxygens (including phenoxy) is 10. The number of carbonyl (C=O) groups excluding carboxylic acids is 4. The van der Waals surface area contributed by atoms with E-state index in [0.29, 0.717) is 12.8 Å². The van der Waals surface area contributed by atoms with Gasteiger partial charge in [0.2, 0.25) is 33.9 Å². The van der Waals surface area contributed by atoms with Crippen molar-refractivity contribution in [2.45, 2.75) is 385 Å². The molecule has 5 heterocycles. The van der Waals surface area contributed by atoms with E-state index in [1.807, 2.05) is 0 Å². The van der Waals surface area contributed by atoms with Crippen LogP contribution in [0.5, 0.6) is 0 Å². The van der Waals surface area contributed by atoms with Crippen molar-refractivity contribution in [2.75, 3.05) is 39.6 Å². The number of allylic oxidation sites excluding steroid dienone is 1. The molecule has 5 aliphatic rings. The number of aliphatic hydroxyl groups excluding tert-OH is 15. The average Bonchev–Trinajstić information content (AvgIpc) is 0.756. The summed E-state index contributed by atoms with van der Waals surface area (Å²) in [6, 6.07) is -4.93. The number of carbonyl (C=O) groups is 4. The largest absolute Gasteiger partial charge is 1.00 e. The molecule has 18 N–H and O–H groups in total. The van der Waals surface area contributed by atoms with Gasteiger partial charge < -0.3 is 154 Å². The van der Waals surface area contributed by atoms with Gasteiger partial charge in [0.05, 0.1) is 63.9 Å². The van der Waals surface area contributed by atoms with Gasteiger partial charge >= 0.3 is 59.1 Å². The summed E-state index contributed by atoms with van der Waals surface area (Å²) in [4.78, 5) is 51.9. The van der Waals surface area contributed by atoms with Gasteiger partial charge in [-0.3, -0.25) is 18.6 Å². The summed E-state index contributed by atoms with van der Waals surface area (Å²) < 4.78 is 101. The van der Waals surface area contributed by atoms with Crippen molar-refractivity contribution in [1.82, 2.24) is 16.0 Å². The van der Waals surface area contributed by atoms with Gasteiger partial charge in [-0.15, -0.1) is 0 Å². The first-order valence-electron chi connectivity index (χ1n) is 39.7. The van der Waals surface area contributed by atoms with Crippen molar-refractivity contribution >= 4 is 34.1 Å². The molecular formula is C73H129N3Na2O34S. The van der Waals surface area contributed by atoms with Gasteiger partial charge in [-0.25, -0.2) is 8.42 Å². The fourth-order valence-corrected chi connectivity index (χ4v) is 15.0. The third-order valence-electron chi connectivity index (χ3n) is 20.8. The number of aliphatic hydroxyl groups is 15. The van der Waals surface area contributed by atoms with Crippen molar-refractivity contribution in [3.05, 3.63) is 12.2 Å². The number of amides is 3. The predicted molar refractivity (Wildman–Crippen MR) is 384 cm³/mol. The van der Waals surface area contributed by atoms with Gasteiger partial charge in [0, 0.05) is 26.7 Å². The minimum atomic E-state index is -6.00. The predicted octanol–water partition coefficient (Wildman–Crippen LogP) is -8.88. The monoisotopic (exact) mass is 1670 g/mol. The zero-order chi connectivity index (χ0) is 82.0. The van der Waals surface area contributed by atoms with Crippen LogP contribution in [-0.2, 0) is 81.1 Å². The molecule has 5 aliphatic heterocycles.